The molecule has 9 nitrogen and oxygen atoms in total. The number of nitrogens with two attached hydrogens (primary N) is 1. The average Bonchev–Trinajstić information content (AvgIpc) is 3.52. The summed E-state index contributed by atoms with van der Waals surface area (Å²) in [5.41, 5.74) is 7.39. The lowest BCUT2D eigenvalue weighted by Gasteiger charge is -2.16. The molecule has 0 atom stereocenters. The number of benzene rings is 1. The number of nitrogen functional groups attached to an aromatic ring is 1. The molecule has 5 rings (SSSR count). The molecular weight excluding hydrogens is 461 g/mol. The van der Waals surface area contributed by atoms with Crippen LogP contribution in [0.4, 0.5) is 19.1 Å². The molecule has 0 amide bonds. The van der Waals surface area contributed by atoms with Crippen LogP contribution in [0.1, 0.15) is 36.5 Å². The molecule has 0 radical (unpaired) electrons. The van der Waals surface area contributed by atoms with E-state index in [2.05, 4.69) is 30.4 Å². The van der Waals surface area contributed by atoms with E-state index in [0.717, 1.165) is 12.8 Å². The zero-order chi connectivity index (χ0) is 24.5. The van der Waals surface area contributed by atoms with E-state index >= 15 is 0 Å². The van der Waals surface area contributed by atoms with E-state index in [-0.39, 0.29) is 18.4 Å². The van der Waals surface area contributed by atoms with Crippen LogP contribution in [-0.2, 0) is 13.2 Å². The number of hydrogen-bond donors (Lipinski definition) is 1. The summed E-state index contributed by atoms with van der Waals surface area (Å²) in [4.78, 5) is 14.0. The standard InChI is InChI=1S/C23H21F3N8O/c1-12-8-15(9-17(28-12)21(25)26)19-20(14-4-6-16(24)7-5-14)29-23(27)30-22(19)35-11-18-31-33-34(32-18)10-13-2-3-13/h4-9,13,21H,2-3,10-11H2,1H3,(H2,27,29,30). The van der Waals surface area contributed by atoms with Gasteiger partial charge in [0, 0.05) is 11.3 Å². The summed E-state index contributed by atoms with van der Waals surface area (Å²) in [6.07, 6.45) is -0.489. The number of rotatable bonds is 8. The highest BCUT2D eigenvalue weighted by molar-refractivity contribution is 5.85. The molecule has 180 valence electrons. The lowest BCUT2D eigenvalue weighted by atomic mass is 9.99. The number of ether oxygens (including phenoxy) is 1. The van der Waals surface area contributed by atoms with Gasteiger partial charge in [0.1, 0.15) is 11.5 Å². The Labute approximate surface area is 198 Å². The van der Waals surface area contributed by atoms with Crippen LogP contribution >= 0.6 is 0 Å². The normalized spacial score (nSPS) is 13.4. The molecule has 0 bridgehead atoms. The van der Waals surface area contributed by atoms with E-state index in [1.165, 1.54) is 35.1 Å². The van der Waals surface area contributed by atoms with Gasteiger partial charge in [-0.2, -0.15) is 9.78 Å². The Bertz CT molecular complexity index is 1360. The molecule has 2 N–H and O–H groups in total. The average molecular weight is 482 g/mol. The van der Waals surface area contributed by atoms with Crippen LogP contribution in [0.25, 0.3) is 22.4 Å². The quantitative estimate of drug-likeness (QED) is 0.398. The smallest absolute Gasteiger partial charge is 0.280 e. The van der Waals surface area contributed by atoms with Gasteiger partial charge in [0.2, 0.25) is 17.7 Å². The molecule has 1 aromatic carbocycles. The second-order valence-corrected chi connectivity index (χ2v) is 8.33. The molecule has 0 saturated heterocycles. The summed E-state index contributed by atoms with van der Waals surface area (Å²) < 4.78 is 46.6. The molecule has 1 aliphatic carbocycles. The maximum absolute atomic E-state index is 13.6. The van der Waals surface area contributed by atoms with Gasteiger partial charge in [-0.25, -0.2) is 18.2 Å². The van der Waals surface area contributed by atoms with Crippen LogP contribution in [0, 0.1) is 18.7 Å². The third kappa shape index (κ3) is 5.20. The van der Waals surface area contributed by atoms with Crippen molar-refractivity contribution in [3.63, 3.8) is 0 Å². The van der Waals surface area contributed by atoms with Gasteiger partial charge in [0.25, 0.3) is 6.43 Å². The van der Waals surface area contributed by atoms with Crippen molar-refractivity contribution in [2.45, 2.75) is 39.3 Å². The van der Waals surface area contributed by atoms with Crippen molar-refractivity contribution < 1.29 is 17.9 Å². The minimum absolute atomic E-state index is 0.0428. The molecule has 1 aliphatic rings. The number of nitrogens with zero attached hydrogens (tertiary/aromatic N) is 7. The first-order valence-corrected chi connectivity index (χ1v) is 11.0. The Balaban J connectivity index is 1.57. The highest BCUT2D eigenvalue weighted by Gasteiger charge is 2.24. The fourth-order valence-corrected chi connectivity index (χ4v) is 3.66. The summed E-state index contributed by atoms with van der Waals surface area (Å²) in [7, 11) is 0. The molecule has 4 aromatic rings. The molecule has 12 heteroatoms. The number of anilines is 1. The molecule has 0 spiro atoms. The van der Waals surface area contributed by atoms with E-state index < -0.39 is 17.9 Å². The fraction of sp³-hybridized carbons (Fsp3) is 0.304. The van der Waals surface area contributed by atoms with Gasteiger partial charge in [-0.05, 0) is 72.9 Å². The van der Waals surface area contributed by atoms with E-state index in [9.17, 15) is 13.2 Å². The van der Waals surface area contributed by atoms with Crippen LogP contribution in [-0.4, -0.2) is 35.2 Å². The first-order valence-electron chi connectivity index (χ1n) is 11.0. The zero-order valence-electron chi connectivity index (χ0n) is 18.7. The predicted molar refractivity (Wildman–Crippen MR) is 120 cm³/mol. The summed E-state index contributed by atoms with van der Waals surface area (Å²) in [6.45, 7) is 2.22. The fourth-order valence-electron chi connectivity index (χ4n) is 3.66. The van der Waals surface area contributed by atoms with Crippen LogP contribution in [0.2, 0.25) is 0 Å². The third-order valence-electron chi connectivity index (χ3n) is 5.45. The Morgan fingerprint density at radius 2 is 1.86 bits per heavy atom. The van der Waals surface area contributed by atoms with Crippen molar-refractivity contribution in [1.29, 1.82) is 0 Å². The van der Waals surface area contributed by atoms with Crippen LogP contribution in [0.5, 0.6) is 5.88 Å². The lowest BCUT2D eigenvalue weighted by Crippen LogP contribution is -2.08. The van der Waals surface area contributed by atoms with E-state index in [0.29, 0.717) is 46.4 Å². The number of hydrogen-bond acceptors (Lipinski definition) is 8. The van der Waals surface area contributed by atoms with Crippen molar-refractivity contribution in [3.8, 4) is 28.3 Å². The highest BCUT2D eigenvalue weighted by Crippen LogP contribution is 2.39. The first-order chi connectivity index (χ1) is 16.9. The molecule has 1 saturated carbocycles. The van der Waals surface area contributed by atoms with E-state index in [4.69, 9.17) is 10.5 Å². The molecular formula is C23H21F3N8O. The van der Waals surface area contributed by atoms with Gasteiger partial charge in [0.15, 0.2) is 6.61 Å². The number of pyridine rings is 1. The molecule has 1 fully saturated rings. The largest absolute Gasteiger partial charge is 0.469 e. The zero-order valence-corrected chi connectivity index (χ0v) is 18.7. The van der Waals surface area contributed by atoms with Crippen LogP contribution in [0.15, 0.2) is 36.4 Å². The molecule has 0 unspecified atom stereocenters. The Hall–Kier alpha value is -4.09. The summed E-state index contributed by atoms with van der Waals surface area (Å²) >= 11 is 0. The molecule has 3 heterocycles. The van der Waals surface area contributed by atoms with E-state index in [1.807, 2.05) is 0 Å². The number of aromatic nitrogens is 7. The Morgan fingerprint density at radius 1 is 1.09 bits per heavy atom. The topological polar surface area (TPSA) is 118 Å². The number of aryl methyl sites for hydroxylation is 1. The van der Waals surface area contributed by atoms with Gasteiger partial charge < -0.3 is 10.5 Å². The number of halogens is 3. The molecule has 3 aromatic heterocycles. The summed E-state index contributed by atoms with van der Waals surface area (Å²) in [5, 5.41) is 12.4. The Morgan fingerprint density at radius 3 is 2.57 bits per heavy atom. The number of tetrazole rings is 1. The maximum Gasteiger partial charge on any atom is 0.280 e. The lowest BCUT2D eigenvalue weighted by molar-refractivity contribution is 0.146. The SMILES string of the molecule is Cc1cc(-c2c(OCc3nnn(CC4CC4)n3)nc(N)nc2-c2ccc(F)cc2)cc(C(F)F)n1. The first kappa shape index (κ1) is 22.7. The van der Waals surface area contributed by atoms with Gasteiger partial charge in [0.05, 0.1) is 17.8 Å². The predicted octanol–water partition coefficient (Wildman–Crippen LogP) is 4.15. The van der Waals surface area contributed by atoms with Gasteiger partial charge in [-0.3, -0.25) is 4.98 Å². The van der Waals surface area contributed by atoms with Gasteiger partial charge in [-0.1, -0.05) is 0 Å². The Kier molecular flexibility index (Phi) is 6.01. The second-order valence-electron chi connectivity index (χ2n) is 8.33. The van der Waals surface area contributed by atoms with Crippen molar-refractivity contribution in [3.05, 3.63) is 59.4 Å². The molecule has 0 aliphatic heterocycles. The minimum atomic E-state index is -2.78. The molecule has 35 heavy (non-hydrogen) atoms. The van der Waals surface area contributed by atoms with Crippen molar-refractivity contribution in [1.82, 2.24) is 35.2 Å². The number of alkyl halides is 2. The maximum atomic E-state index is 13.6. The van der Waals surface area contributed by atoms with Crippen LogP contribution in [0.3, 0.4) is 0 Å². The van der Waals surface area contributed by atoms with Crippen LogP contribution < -0.4 is 10.5 Å². The van der Waals surface area contributed by atoms with Crippen molar-refractivity contribution >= 4 is 5.95 Å². The van der Waals surface area contributed by atoms with Crippen molar-refractivity contribution in [2.75, 3.05) is 5.73 Å². The van der Waals surface area contributed by atoms with E-state index in [1.54, 1.807) is 13.0 Å². The van der Waals surface area contributed by atoms with Gasteiger partial charge in [-0.15, -0.1) is 10.2 Å². The van der Waals surface area contributed by atoms with Gasteiger partial charge >= 0.3 is 0 Å². The van der Waals surface area contributed by atoms with Crippen molar-refractivity contribution in [2.24, 2.45) is 5.92 Å². The highest BCUT2D eigenvalue weighted by atomic mass is 19.3. The summed E-state index contributed by atoms with van der Waals surface area (Å²) in [6, 6.07) is 8.42. The monoisotopic (exact) mass is 482 g/mol. The minimum Gasteiger partial charge on any atom is -0.469 e. The third-order valence-corrected chi connectivity index (χ3v) is 5.45. The summed E-state index contributed by atoms with van der Waals surface area (Å²) in [5.74, 6) is 0.406. The second kappa shape index (κ2) is 9.28.